The van der Waals surface area contributed by atoms with Crippen LogP contribution in [0.25, 0.3) is 0 Å². The number of hydrogen-bond donors (Lipinski definition) is 1. The number of carbonyl (C=O) groups is 1. The molecule has 2 N–H and O–H groups in total. The van der Waals surface area contributed by atoms with Gasteiger partial charge in [-0.25, -0.2) is 4.99 Å². The highest BCUT2D eigenvalue weighted by atomic mass is 16.6. The third-order valence-corrected chi connectivity index (χ3v) is 7.16. The van der Waals surface area contributed by atoms with Crippen LogP contribution in [0.1, 0.15) is 54.5 Å². The predicted octanol–water partition coefficient (Wildman–Crippen LogP) is 6.06. The molecule has 0 aliphatic heterocycles. The van der Waals surface area contributed by atoms with Crippen molar-refractivity contribution >= 4 is 24.4 Å². The monoisotopic (exact) mass is 579 g/mol. The van der Waals surface area contributed by atoms with E-state index in [1.54, 1.807) is 6.08 Å². The maximum Gasteiger partial charge on any atom is 0.252 e. The second-order valence-corrected chi connectivity index (χ2v) is 11.4. The van der Waals surface area contributed by atoms with Gasteiger partial charge in [0.1, 0.15) is 17.2 Å². The Kier molecular flexibility index (Phi) is 10.6. The van der Waals surface area contributed by atoms with Gasteiger partial charge in [-0.1, -0.05) is 65.8 Å². The zero-order valence-electron chi connectivity index (χ0n) is 25.3. The number of aliphatic imine (C=N–C) groups is 2. The minimum absolute atomic E-state index is 0.0413. The van der Waals surface area contributed by atoms with Crippen molar-refractivity contribution in [3.63, 3.8) is 0 Å². The lowest BCUT2D eigenvalue weighted by Crippen LogP contribution is -2.27. The highest BCUT2D eigenvalue weighted by Crippen LogP contribution is 2.30. The van der Waals surface area contributed by atoms with Crippen molar-refractivity contribution < 1.29 is 14.4 Å². The van der Waals surface area contributed by atoms with Crippen LogP contribution >= 0.6 is 0 Å². The Morgan fingerprint density at radius 3 is 2.37 bits per heavy atom. The molecule has 0 unspecified atom stereocenters. The minimum atomic E-state index is -0.438. The number of rotatable bonds is 14. The van der Waals surface area contributed by atoms with Crippen LogP contribution in [0.15, 0.2) is 101 Å². The molecule has 4 rings (SSSR count). The highest BCUT2D eigenvalue weighted by Gasteiger charge is 2.29. The number of oxime groups is 1. The van der Waals surface area contributed by atoms with Crippen molar-refractivity contribution in [2.75, 3.05) is 13.2 Å². The molecule has 3 aromatic carbocycles. The Hall–Kier alpha value is -4.56. The molecule has 0 aromatic heterocycles. The van der Waals surface area contributed by atoms with E-state index in [9.17, 15) is 4.79 Å². The quantitative estimate of drug-likeness (QED) is 0.108. The average Bonchev–Trinajstić information content (AvgIpc) is 3.85. The molecule has 0 heterocycles. The van der Waals surface area contributed by atoms with E-state index < -0.39 is 5.60 Å². The number of nitrogens with two attached hydrogens (primary N) is 1. The Balaban J connectivity index is 1.49. The molecule has 8 heteroatoms. The molecule has 1 aliphatic carbocycles. The molecule has 3 aromatic rings. The summed E-state index contributed by atoms with van der Waals surface area (Å²) in [6.45, 7) is 15.1. The minimum Gasteiger partial charge on any atom is -0.484 e. The van der Waals surface area contributed by atoms with Gasteiger partial charge in [0.15, 0.2) is 0 Å². The summed E-state index contributed by atoms with van der Waals surface area (Å²) in [6.07, 6.45) is 4.40. The molecule has 0 saturated heterocycles. The largest absolute Gasteiger partial charge is 0.484 e. The van der Waals surface area contributed by atoms with Gasteiger partial charge in [-0.15, -0.1) is 0 Å². The van der Waals surface area contributed by atoms with Gasteiger partial charge in [0, 0.05) is 36.9 Å². The third kappa shape index (κ3) is 9.75. The standard InChI is InChI=1S/C35H41N5O3/c1-6-35(3,4)42-31-18-12-26(13-19-31)20-21-40(24-38-34(43-37-5)30-9-7-8-25(2)22-30)23-27-10-14-28(15-11-27)32(36)39-33(41)29-16-17-29/h6-15,18-19,22,29H,1,5,16-17,20-21,23-24H2,2-4H3,(H2,36,39,41)/b38-34-. The predicted molar refractivity (Wildman–Crippen MR) is 174 cm³/mol. The van der Waals surface area contributed by atoms with E-state index in [1.165, 1.54) is 5.56 Å². The van der Waals surface area contributed by atoms with Gasteiger partial charge in [-0.3, -0.25) is 9.69 Å². The summed E-state index contributed by atoms with van der Waals surface area (Å²) in [6, 6.07) is 23.9. The first kappa shape index (κ1) is 31.4. The molecule has 1 fully saturated rings. The van der Waals surface area contributed by atoms with E-state index in [4.69, 9.17) is 20.3 Å². The number of amidine groups is 1. The van der Waals surface area contributed by atoms with Crippen LogP contribution in [-0.4, -0.2) is 48.1 Å². The Morgan fingerprint density at radius 1 is 1.05 bits per heavy atom. The van der Waals surface area contributed by atoms with Crippen molar-refractivity contribution in [3.8, 4) is 5.75 Å². The third-order valence-electron chi connectivity index (χ3n) is 7.16. The van der Waals surface area contributed by atoms with Gasteiger partial charge >= 0.3 is 0 Å². The summed E-state index contributed by atoms with van der Waals surface area (Å²) in [4.78, 5) is 28.6. The number of benzene rings is 3. The summed E-state index contributed by atoms with van der Waals surface area (Å²) in [5.41, 5.74) is 10.6. The van der Waals surface area contributed by atoms with Crippen LogP contribution in [-0.2, 0) is 22.6 Å². The lowest BCUT2D eigenvalue weighted by Gasteiger charge is -2.23. The summed E-state index contributed by atoms with van der Waals surface area (Å²) in [5.74, 6) is 1.38. The molecule has 8 nitrogen and oxygen atoms in total. The van der Waals surface area contributed by atoms with Crippen molar-refractivity contribution in [2.24, 2.45) is 26.8 Å². The molecule has 224 valence electrons. The van der Waals surface area contributed by atoms with Gasteiger partial charge in [-0.2, -0.15) is 4.99 Å². The Bertz CT molecular complexity index is 1470. The maximum atomic E-state index is 12.1. The fraction of sp³-hybridized carbons (Fsp3) is 0.314. The van der Waals surface area contributed by atoms with Crippen LogP contribution in [0.3, 0.4) is 0 Å². The topological polar surface area (TPSA) is 102 Å². The van der Waals surface area contributed by atoms with E-state index in [-0.39, 0.29) is 17.7 Å². The van der Waals surface area contributed by atoms with Crippen molar-refractivity contribution in [1.29, 1.82) is 0 Å². The molecule has 1 saturated carbocycles. The number of aryl methyl sites for hydroxylation is 1. The summed E-state index contributed by atoms with van der Waals surface area (Å²) >= 11 is 0. The average molecular weight is 580 g/mol. The summed E-state index contributed by atoms with van der Waals surface area (Å²) < 4.78 is 6.00. The van der Waals surface area contributed by atoms with E-state index in [0.29, 0.717) is 19.1 Å². The molecular formula is C35H41N5O3. The van der Waals surface area contributed by atoms with E-state index in [2.05, 4.69) is 40.5 Å². The van der Waals surface area contributed by atoms with E-state index in [1.807, 2.05) is 81.4 Å². The Morgan fingerprint density at radius 2 is 1.74 bits per heavy atom. The van der Waals surface area contributed by atoms with Crippen LogP contribution in [0.5, 0.6) is 5.75 Å². The first-order chi connectivity index (χ1) is 20.7. The molecule has 0 radical (unpaired) electrons. The van der Waals surface area contributed by atoms with Gasteiger partial charge in [0.25, 0.3) is 11.8 Å². The number of carbonyl (C=O) groups excluding carboxylic acids is 1. The summed E-state index contributed by atoms with van der Waals surface area (Å²) in [5, 5.41) is 3.63. The second-order valence-electron chi connectivity index (χ2n) is 11.4. The van der Waals surface area contributed by atoms with Gasteiger partial charge < -0.3 is 15.3 Å². The Labute approximate surface area is 254 Å². The van der Waals surface area contributed by atoms with Crippen molar-refractivity contribution in [3.05, 3.63) is 113 Å². The van der Waals surface area contributed by atoms with Crippen LogP contribution < -0.4 is 10.5 Å². The van der Waals surface area contributed by atoms with Gasteiger partial charge in [0.2, 0.25) is 0 Å². The maximum absolute atomic E-state index is 12.1. The number of amides is 1. The molecule has 43 heavy (non-hydrogen) atoms. The summed E-state index contributed by atoms with van der Waals surface area (Å²) in [7, 11) is 0. The molecular weight excluding hydrogens is 538 g/mol. The molecule has 0 atom stereocenters. The van der Waals surface area contributed by atoms with Crippen LogP contribution in [0.2, 0.25) is 0 Å². The lowest BCUT2D eigenvalue weighted by atomic mass is 10.1. The lowest BCUT2D eigenvalue weighted by molar-refractivity contribution is -0.118. The van der Waals surface area contributed by atoms with Gasteiger partial charge in [-0.05, 0) is 81.5 Å². The fourth-order valence-electron chi connectivity index (χ4n) is 4.38. The first-order valence-corrected chi connectivity index (χ1v) is 14.5. The molecule has 0 bridgehead atoms. The SMILES string of the molecule is C=CC(C)(C)Oc1ccc(CCN(C/N=C(\ON=C)c2cccc(C)c2)Cc2ccc(C(N)=NC(=O)C3CC3)cc2)cc1. The zero-order valence-corrected chi connectivity index (χ0v) is 25.3. The van der Waals surface area contributed by atoms with Crippen molar-refractivity contribution in [2.45, 2.75) is 52.2 Å². The van der Waals surface area contributed by atoms with Crippen LogP contribution in [0.4, 0.5) is 0 Å². The first-order valence-electron chi connectivity index (χ1n) is 14.5. The van der Waals surface area contributed by atoms with Crippen molar-refractivity contribution in [1.82, 2.24) is 4.90 Å². The highest BCUT2D eigenvalue weighted by molar-refractivity contribution is 6.04. The molecule has 1 aliphatic rings. The second kappa shape index (κ2) is 14.6. The van der Waals surface area contributed by atoms with Crippen LogP contribution in [0, 0.1) is 12.8 Å². The number of nitrogens with zero attached hydrogens (tertiary/aromatic N) is 4. The zero-order chi connectivity index (χ0) is 30.8. The molecule has 1 amide bonds. The smallest absolute Gasteiger partial charge is 0.252 e. The van der Waals surface area contributed by atoms with Gasteiger partial charge in [0.05, 0.1) is 6.67 Å². The van der Waals surface area contributed by atoms with E-state index >= 15 is 0 Å². The molecule has 0 spiro atoms. The normalized spacial score (nSPS) is 14.0. The van der Waals surface area contributed by atoms with E-state index in [0.717, 1.165) is 53.8 Å². The number of ether oxygens (including phenoxy) is 1. The number of hydrogen-bond acceptors (Lipinski definition) is 6. The fourth-order valence-corrected chi connectivity index (χ4v) is 4.38.